The lowest BCUT2D eigenvalue weighted by Crippen LogP contribution is -2.49. The molecule has 8 heteroatoms. The van der Waals surface area contributed by atoms with Crippen molar-refractivity contribution in [3.8, 4) is 0 Å². The van der Waals surface area contributed by atoms with Crippen molar-refractivity contribution in [3.05, 3.63) is 39.9 Å². The molecule has 2 rings (SSSR count). The van der Waals surface area contributed by atoms with Gasteiger partial charge in [-0.25, -0.2) is 0 Å². The van der Waals surface area contributed by atoms with Gasteiger partial charge in [0, 0.05) is 31.5 Å². The fourth-order valence-electron chi connectivity index (χ4n) is 2.60. The zero-order chi connectivity index (χ0) is 17.1. The Morgan fingerprint density at radius 3 is 2.48 bits per heavy atom. The fourth-order valence-corrected chi connectivity index (χ4v) is 2.60. The van der Waals surface area contributed by atoms with Gasteiger partial charge in [-0.15, -0.1) is 0 Å². The quantitative estimate of drug-likeness (QED) is 0.272. The summed E-state index contributed by atoms with van der Waals surface area (Å²) < 4.78 is 4.94. The highest BCUT2D eigenvalue weighted by molar-refractivity contribution is 6.08. The Hall–Kier alpha value is -2.77. The number of imide groups is 1. The van der Waals surface area contributed by atoms with Gasteiger partial charge in [-0.05, 0) is 12.5 Å². The van der Waals surface area contributed by atoms with Crippen LogP contribution in [-0.2, 0) is 19.1 Å². The van der Waals surface area contributed by atoms with E-state index in [9.17, 15) is 24.5 Å². The van der Waals surface area contributed by atoms with Crippen LogP contribution in [0, 0.1) is 16.0 Å². The highest BCUT2D eigenvalue weighted by atomic mass is 16.6. The van der Waals surface area contributed by atoms with Crippen LogP contribution in [-0.4, -0.2) is 41.3 Å². The molecule has 0 spiro atoms. The number of nitro groups is 1. The highest BCUT2D eigenvalue weighted by Crippen LogP contribution is 2.35. The van der Waals surface area contributed by atoms with Gasteiger partial charge < -0.3 is 4.74 Å². The van der Waals surface area contributed by atoms with Crippen LogP contribution in [0.4, 0.5) is 5.69 Å². The van der Waals surface area contributed by atoms with Crippen LogP contribution in [0.1, 0.15) is 24.8 Å². The number of carbonyl (C=O) groups excluding carboxylic acids is 3. The van der Waals surface area contributed by atoms with Gasteiger partial charge in [-0.2, -0.15) is 0 Å². The van der Waals surface area contributed by atoms with E-state index in [2.05, 4.69) is 0 Å². The average molecular weight is 320 g/mol. The van der Waals surface area contributed by atoms with Crippen LogP contribution >= 0.6 is 0 Å². The molecule has 1 heterocycles. The third-order valence-electron chi connectivity index (χ3n) is 3.84. The maximum absolute atomic E-state index is 12.3. The predicted molar refractivity (Wildman–Crippen MR) is 78.4 cm³/mol. The molecule has 1 aliphatic heterocycles. The first-order valence-corrected chi connectivity index (χ1v) is 7.08. The Morgan fingerprint density at radius 1 is 1.35 bits per heavy atom. The van der Waals surface area contributed by atoms with E-state index in [4.69, 9.17) is 4.74 Å². The number of ether oxygens (including phenoxy) is 1. The minimum absolute atomic E-state index is 0.0382. The largest absolute Gasteiger partial charge is 0.465 e. The van der Waals surface area contributed by atoms with E-state index in [1.807, 2.05) is 0 Å². The number of non-ortho nitro benzene ring substituents is 1. The maximum atomic E-state index is 12.3. The second-order valence-corrected chi connectivity index (χ2v) is 5.18. The SMILES string of the molecule is CCOC(=O)C1C(=O)N(C)C(=O)CC1c1ccc([N+](=O)[O-])cc1. The second kappa shape index (κ2) is 6.55. The summed E-state index contributed by atoms with van der Waals surface area (Å²) in [6.45, 7) is 1.74. The zero-order valence-electron chi connectivity index (χ0n) is 12.7. The topological polar surface area (TPSA) is 107 Å². The van der Waals surface area contributed by atoms with Crippen molar-refractivity contribution >= 4 is 23.5 Å². The Bertz CT molecular complexity index is 654. The number of hydrogen-bond acceptors (Lipinski definition) is 6. The van der Waals surface area contributed by atoms with Gasteiger partial charge >= 0.3 is 5.97 Å². The molecule has 2 amide bonds. The molecule has 1 aliphatic rings. The van der Waals surface area contributed by atoms with E-state index in [-0.39, 0.29) is 18.7 Å². The molecule has 122 valence electrons. The summed E-state index contributed by atoms with van der Waals surface area (Å²) in [4.78, 5) is 47.5. The number of esters is 1. The van der Waals surface area contributed by atoms with Crippen molar-refractivity contribution in [1.82, 2.24) is 4.90 Å². The molecule has 1 fully saturated rings. The molecule has 2 unspecified atom stereocenters. The molecule has 0 bridgehead atoms. The number of benzene rings is 1. The van der Waals surface area contributed by atoms with Crippen molar-refractivity contribution in [1.29, 1.82) is 0 Å². The van der Waals surface area contributed by atoms with Gasteiger partial charge in [-0.1, -0.05) is 12.1 Å². The van der Waals surface area contributed by atoms with Crippen molar-refractivity contribution in [2.24, 2.45) is 5.92 Å². The van der Waals surface area contributed by atoms with Crippen molar-refractivity contribution < 1.29 is 24.0 Å². The molecule has 0 saturated carbocycles. The van der Waals surface area contributed by atoms with Crippen LogP contribution in [0.5, 0.6) is 0 Å². The lowest BCUT2D eigenvalue weighted by Gasteiger charge is -2.33. The number of nitro benzene ring substituents is 1. The first kappa shape index (κ1) is 16.6. The van der Waals surface area contributed by atoms with E-state index in [0.717, 1.165) is 4.90 Å². The molecule has 2 atom stereocenters. The Labute approximate surface area is 132 Å². The number of likely N-dealkylation sites (tertiary alicyclic amines) is 1. The molecule has 0 N–H and O–H groups in total. The molecule has 23 heavy (non-hydrogen) atoms. The maximum Gasteiger partial charge on any atom is 0.319 e. The number of carbonyl (C=O) groups is 3. The summed E-state index contributed by atoms with van der Waals surface area (Å²) in [7, 11) is 1.32. The molecule has 0 aromatic heterocycles. The molecule has 8 nitrogen and oxygen atoms in total. The zero-order valence-corrected chi connectivity index (χ0v) is 12.7. The van der Waals surface area contributed by atoms with E-state index < -0.39 is 34.5 Å². The van der Waals surface area contributed by atoms with Crippen LogP contribution in [0.3, 0.4) is 0 Å². The van der Waals surface area contributed by atoms with Crippen LogP contribution < -0.4 is 0 Å². The minimum Gasteiger partial charge on any atom is -0.465 e. The third kappa shape index (κ3) is 3.20. The third-order valence-corrected chi connectivity index (χ3v) is 3.84. The summed E-state index contributed by atoms with van der Waals surface area (Å²) in [6.07, 6.45) is -0.0382. The second-order valence-electron chi connectivity index (χ2n) is 5.18. The molecule has 1 saturated heterocycles. The number of nitrogens with zero attached hydrogens (tertiary/aromatic N) is 2. The highest BCUT2D eigenvalue weighted by Gasteiger charge is 2.45. The molecule has 1 aromatic carbocycles. The van der Waals surface area contributed by atoms with Gasteiger partial charge in [0.15, 0.2) is 0 Å². The van der Waals surface area contributed by atoms with Crippen molar-refractivity contribution in [2.75, 3.05) is 13.7 Å². The van der Waals surface area contributed by atoms with E-state index in [1.165, 1.54) is 31.3 Å². The van der Waals surface area contributed by atoms with Gasteiger partial charge in [0.2, 0.25) is 11.8 Å². The fraction of sp³-hybridized carbons (Fsp3) is 0.400. The standard InChI is InChI=1S/C15H16N2O6/c1-3-23-15(20)13-11(8-12(18)16(2)14(13)19)9-4-6-10(7-5-9)17(21)22/h4-7,11,13H,3,8H2,1-2H3. The molecule has 1 aromatic rings. The van der Waals surface area contributed by atoms with Crippen LogP contribution in [0.2, 0.25) is 0 Å². The molecule has 0 radical (unpaired) electrons. The van der Waals surface area contributed by atoms with Gasteiger partial charge in [-0.3, -0.25) is 29.4 Å². The Balaban J connectivity index is 2.38. The monoisotopic (exact) mass is 320 g/mol. The summed E-state index contributed by atoms with van der Waals surface area (Å²) >= 11 is 0. The number of amides is 2. The average Bonchev–Trinajstić information content (AvgIpc) is 2.52. The minimum atomic E-state index is -1.13. The van der Waals surface area contributed by atoms with Gasteiger partial charge in [0.05, 0.1) is 11.5 Å². The lowest BCUT2D eigenvalue weighted by atomic mass is 9.79. The Kier molecular flexibility index (Phi) is 4.73. The van der Waals surface area contributed by atoms with E-state index >= 15 is 0 Å². The number of hydrogen-bond donors (Lipinski definition) is 0. The van der Waals surface area contributed by atoms with Gasteiger partial charge in [0.25, 0.3) is 5.69 Å². The smallest absolute Gasteiger partial charge is 0.319 e. The van der Waals surface area contributed by atoms with Crippen LogP contribution in [0.25, 0.3) is 0 Å². The molecular weight excluding hydrogens is 304 g/mol. The lowest BCUT2D eigenvalue weighted by molar-refractivity contribution is -0.384. The first-order chi connectivity index (χ1) is 10.9. The summed E-state index contributed by atoms with van der Waals surface area (Å²) in [6, 6.07) is 5.48. The van der Waals surface area contributed by atoms with Crippen molar-refractivity contribution in [2.45, 2.75) is 19.3 Å². The van der Waals surface area contributed by atoms with E-state index in [1.54, 1.807) is 6.92 Å². The normalized spacial score (nSPS) is 21.2. The molecule has 0 aliphatic carbocycles. The summed E-state index contributed by atoms with van der Waals surface area (Å²) in [5, 5.41) is 10.7. The summed E-state index contributed by atoms with van der Waals surface area (Å²) in [5.74, 6) is -3.53. The van der Waals surface area contributed by atoms with Crippen LogP contribution in [0.15, 0.2) is 24.3 Å². The summed E-state index contributed by atoms with van der Waals surface area (Å²) in [5.41, 5.74) is 0.412. The van der Waals surface area contributed by atoms with Gasteiger partial charge in [0.1, 0.15) is 5.92 Å². The Morgan fingerprint density at radius 2 is 1.96 bits per heavy atom. The molecular formula is C15H16N2O6. The van der Waals surface area contributed by atoms with Crippen molar-refractivity contribution in [3.63, 3.8) is 0 Å². The number of piperidine rings is 1. The number of rotatable bonds is 4. The predicted octanol–water partition coefficient (Wildman–Crippen LogP) is 1.25. The first-order valence-electron chi connectivity index (χ1n) is 7.08. The van der Waals surface area contributed by atoms with E-state index in [0.29, 0.717) is 5.56 Å².